The Morgan fingerprint density at radius 2 is 1.41 bits per heavy atom. The minimum Gasteiger partial charge on any atom is -0.335 e. The summed E-state index contributed by atoms with van der Waals surface area (Å²) >= 11 is 0. The summed E-state index contributed by atoms with van der Waals surface area (Å²) < 4.78 is 39.9. The van der Waals surface area contributed by atoms with Gasteiger partial charge in [0.2, 0.25) is 0 Å². The molecule has 0 saturated carbocycles. The molecule has 0 aliphatic carbocycles. The molecular weight excluding hydrogens is 421 g/mol. The van der Waals surface area contributed by atoms with Crippen molar-refractivity contribution in [3.05, 3.63) is 83.2 Å². The Bertz CT molecular complexity index is 1120. The fourth-order valence-electron chi connectivity index (χ4n) is 3.67. The van der Waals surface area contributed by atoms with Crippen LogP contribution in [0, 0.1) is 6.92 Å². The van der Waals surface area contributed by atoms with E-state index in [9.17, 15) is 22.8 Å². The molecule has 1 fully saturated rings. The van der Waals surface area contributed by atoms with Gasteiger partial charge in [-0.15, -0.1) is 0 Å². The lowest BCUT2D eigenvalue weighted by molar-refractivity contribution is -0.137. The number of benzene rings is 2. The van der Waals surface area contributed by atoms with Crippen molar-refractivity contribution in [2.24, 2.45) is 0 Å². The van der Waals surface area contributed by atoms with E-state index in [2.05, 4.69) is 5.10 Å². The highest BCUT2D eigenvalue weighted by atomic mass is 19.4. The molecule has 6 nitrogen and oxygen atoms in total. The van der Waals surface area contributed by atoms with Gasteiger partial charge in [-0.25, -0.2) is 4.68 Å². The standard InChI is InChI=1S/C23H21F3N4O2/c1-16-15-20(27-30(16)19-5-3-2-4-6-19)22(32)29-13-11-28(12-14-29)21(31)17-7-9-18(10-8-17)23(24,25)26/h2-10,15H,11-14H2,1H3. The van der Waals surface area contributed by atoms with E-state index in [1.54, 1.807) is 20.5 Å². The number of carbonyl (C=O) groups is 2. The molecule has 0 atom stereocenters. The summed E-state index contributed by atoms with van der Waals surface area (Å²) in [5, 5.41) is 4.44. The first kappa shape index (κ1) is 21.6. The van der Waals surface area contributed by atoms with Crippen LogP contribution in [0.1, 0.15) is 32.1 Å². The van der Waals surface area contributed by atoms with E-state index in [1.165, 1.54) is 12.1 Å². The average Bonchev–Trinajstić information content (AvgIpc) is 3.20. The fourth-order valence-corrected chi connectivity index (χ4v) is 3.67. The van der Waals surface area contributed by atoms with Gasteiger partial charge in [0.25, 0.3) is 11.8 Å². The van der Waals surface area contributed by atoms with E-state index in [-0.39, 0.29) is 17.4 Å². The van der Waals surface area contributed by atoms with Crippen LogP contribution in [-0.4, -0.2) is 57.6 Å². The number of hydrogen-bond acceptors (Lipinski definition) is 3. The summed E-state index contributed by atoms with van der Waals surface area (Å²) in [6.07, 6.45) is -4.45. The minimum atomic E-state index is -4.45. The molecule has 0 spiro atoms. The second kappa shape index (κ2) is 8.49. The molecule has 9 heteroatoms. The van der Waals surface area contributed by atoms with Gasteiger partial charge in [0.1, 0.15) is 0 Å². The summed E-state index contributed by atoms with van der Waals surface area (Å²) in [5.41, 5.74) is 1.41. The van der Waals surface area contributed by atoms with Crippen molar-refractivity contribution in [1.29, 1.82) is 0 Å². The predicted molar refractivity (Wildman–Crippen MR) is 112 cm³/mol. The summed E-state index contributed by atoms with van der Waals surface area (Å²) in [6.45, 7) is 3.11. The highest BCUT2D eigenvalue weighted by Gasteiger charge is 2.31. The lowest BCUT2D eigenvalue weighted by Gasteiger charge is -2.34. The van der Waals surface area contributed by atoms with Crippen LogP contribution in [0.15, 0.2) is 60.7 Å². The van der Waals surface area contributed by atoms with Crippen LogP contribution in [0.5, 0.6) is 0 Å². The number of amides is 2. The number of aryl methyl sites for hydroxylation is 1. The molecule has 2 heterocycles. The molecule has 4 rings (SSSR count). The lowest BCUT2D eigenvalue weighted by Crippen LogP contribution is -2.50. The van der Waals surface area contributed by atoms with E-state index in [1.807, 2.05) is 37.3 Å². The van der Waals surface area contributed by atoms with Gasteiger partial charge in [-0.1, -0.05) is 18.2 Å². The third-order valence-corrected chi connectivity index (χ3v) is 5.42. The fraction of sp³-hybridized carbons (Fsp3) is 0.261. The third-order valence-electron chi connectivity index (χ3n) is 5.42. The monoisotopic (exact) mass is 442 g/mol. The van der Waals surface area contributed by atoms with Crippen LogP contribution in [0.25, 0.3) is 5.69 Å². The zero-order chi connectivity index (χ0) is 22.9. The number of alkyl halides is 3. The Morgan fingerprint density at radius 1 is 0.844 bits per heavy atom. The molecule has 2 aromatic carbocycles. The molecule has 166 valence electrons. The van der Waals surface area contributed by atoms with Gasteiger partial charge in [-0.3, -0.25) is 9.59 Å². The molecule has 0 bridgehead atoms. The maximum atomic E-state index is 12.9. The molecule has 32 heavy (non-hydrogen) atoms. The largest absolute Gasteiger partial charge is 0.416 e. The zero-order valence-corrected chi connectivity index (χ0v) is 17.3. The van der Waals surface area contributed by atoms with Crippen LogP contribution in [-0.2, 0) is 6.18 Å². The second-order valence-corrected chi connectivity index (χ2v) is 7.58. The Labute approximate surface area is 182 Å². The Morgan fingerprint density at radius 3 is 1.97 bits per heavy atom. The summed E-state index contributed by atoms with van der Waals surface area (Å²) in [5.74, 6) is -0.570. The van der Waals surface area contributed by atoms with Crippen LogP contribution in [0.3, 0.4) is 0 Å². The van der Waals surface area contributed by atoms with Crippen molar-refractivity contribution in [3.63, 3.8) is 0 Å². The van der Waals surface area contributed by atoms with E-state index in [0.717, 1.165) is 23.5 Å². The normalized spacial score (nSPS) is 14.5. The number of aromatic nitrogens is 2. The van der Waals surface area contributed by atoms with E-state index in [0.29, 0.717) is 31.9 Å². The lowest BCUT2D eigenvalue weighted by atomic mass is 10.1. The van der Waals surface area contributed by atoms with Crippen molar-refractivity contribution in [3.8, 4) is 5.69 Å². The van der Waals surface area contributed by atoms with Crippen molar-refractivity contribution in [2.75, 3.05) is 26.2 Å². The Kier molecular flexibility index (Phi) is 5.73. The van der Waals surface area contributed by atoms with Gasteiger partial charge in [-0.05, 0) is 49.4 Å². The van der Waals surface area contributed by atoms with Gasteiger partial charge < -0.3 is 9.80 Å². The number of para-hydroxylation sites is 1. The van der Waals surface area contributed by atoms with E-state index < -0.39 is 11.7 Å². The summed E-state index contributed by atoms with van der Waals surface area (Å²) in [6, 6.07) is 15.4. The quantitative estimate of drug-likeness (QED) is 0.620. The molecule has 1 saturated heterocycles. The summed E-state index contributed by atoms with van der Waals surface area (Å²) in [7, 11) is 0. The van der Waals surface area contributed by atoms with Crippen LogP contribution in [0.4, 0.5) is 13.2 Å². The maximum Gasteiger partial charge on any atom is 0.416 e. The molecule has 1 aromatic heterocycles. The van der Waals surface area contributed by atoms with Crippen LogP contribution >= 0.6 is 0 Å². The first-order valence-corrected chi connectivity index (χ1v) is 10.1. The highest BCUT2D eigenvalue weighted by molar-refractivity contribution is 5.95. The van der Waals surface area contributed by atoms with E-state index in [4.69, 9.17) is 0 Å². The number of halogens is 3. The topological polar surface area (TPSA) is 58.4 Å². The van der Waals surface area contributed by atoms with Crippen molar-refractivity contribution in [2.45, 2.75) is 13.1 Å². The van der Waals surface area contributed by atoms with Gasteiger partial charge in [-0.2, -0.15) is 18.3 Å². The number of nitrogens with zero attached hydrogens (tertiary/aromatic N) is 4. The SMILES string of the molecule is Cc1cc(C(=O)N2CCN(C(=O)c3ccc(C(F)(F)F)cc3)CC2)nn1-c1ccccc1. The first-order chi connectivity index (χ1) is 15.2. The van der Waals surface area contributed by atoms with Crippen LogP contribution in [0.2, 0.25) is 0 Å². The number of carbonyl (C=O) groups excluding carboxylic acids is 2. The molecule has 0 N–H and O–H groups in total. The van der Waals surface area contributed by atoms with Crippen LogP contribution < -0.4 is 0 Å². The van der Waals surface area contributed by atoms with Gasteiger partial charge >= 0.3 is 6.18 Å². The number of piperazine rings is 1. The molecule has 0 unspecified atom stereocenters. The Balaban J connectivity index is 1.39. The minimum absolute atomic E-state index is 0.190. The molecule has 1 aliphatic rings. The average molecular weight is 442 g/mol. The van der Waals surface area contributed by atoms with Crippen molar-refractivity contribution < 1.29 is 22.8 Å². The predicted octanol–water partition coefficient (Wildman–Crippen LogP) is 3.80. The maximum absolute atomic E-state index is 12.9. The van der Waals surface area contributed by atoms with Gasteiger partial charge in [0.05, 0.1) is 11.3 Å². The van der Waals surface area contributed by atoms with Gasteiger partial charge in [0, 0.05) is 37.4 Å². The molecule has 2 amide bonds. The smallest absolute Gasteiger partial charge is 0.335 e. The first-order valence-electron chi connectivity index (χ1n) is 10.1. The van der Waals surface area contributed by atoms with Gasteiger partial charge in [0.15, 0.2) is 5.69 Å². The summed E-state index contributed by atoms with van der Waals surface area (Å²) in [4.78, 5) is 28.7. The third kappa shape index (κ3) is 4.37. The molecular formula is C23H21F3N4O2. The van der Waals surface area contributed by atoms with Crippen molar-refractivity contribution in [1.82, 2.24) is 19.6 Å². The molecule has 1 aliphatic heterocycles. The number of rotatable bonds is 3. The number of hydrogen-bond donors (Lipinski definition) is 0. The second-order valence-electron chi connectivity index (χ2n) is 7.58. The zero-order valence-electron chi connectivity index (χ0n) is 17.3. The van der Waals surface area contributed by atoms with E-state index >= 15 is 0 Å². The Hall–Kier alpha value is -3.62. The molecule has 3 aromatic rings. The van der Waals surface area contributed by atoms with Crippen molar-refractivity contribution >= 4 is 11.8 Å². The molecule has 0 radical (unpaired) electrons. The highest BCUT2D eigenvalue weighted by Crippen LogP contribution is 2.29.